The standard InChI is InChI=1S/C20H24N2O6/c1-21-17-8-13(26-2)3-4-20(17)14-9-16-15(27-11-28-16)7-12(14)10-22(25,5-6-23)18(20)19(21)24/h3-4,7,9,13,17-18,23H,5-6,8,10-11H2,1-2H3/t13-,17+,18-,20+,22+/m1/s1. The first-order chi connectivity index (χ1) is 13.4. The second-order valence-electron chi connectivity index (χ2n) is 8.09. The van der Waals surface area contributed by atoms with Crippen molar-refractivity contribution < 1.29 is 28.8 Å². The maximum atomic E-state index is 13.9. The largest absolute Gasteiger partial charge is 0.632 e. The summed E-state index contributed by atoms with van der Waals surface area (Å²) in [6.07, 6.45) is 4.44. The lowest BCUT2D eigenvalue weighted by Crippen LogP contribution is -2.65. The smallest absolute Gasteiger partial charge is 0.282 e. The number of nitrogens with zero attached hydrogens (tertiary/aromatic N) is 2. The van der Waals surface area contributed by atoms with E-state index >= 15 is 0 Å². The predicted octanol–water partition coefficient (Wildman–Crippen LogP) is 0.658. The molecule has 0 aromatic heterocycles. The summed E-state index contributed by atoms with van der Waals surface area (Å²) in [5.41, 5.74) is 1.00. The van der Waals surface area contributed by atoms with Gasteiger partial charge in [0.2, 0.25) is 6.79 Å². The van der Waals surface area contributed by atoms with E-state index in [0.29, 0.717) is 17.9 Å². The van der Waals surface area contributed by atoms with Gasteiger partial charge in [0.1, 0.15) is 13.1 Å². The summed E-state index contributed by atoms with van der Waals surface area (Å²) in [6, 6.07) is 2.76. The fraction of sp³-hybridized carbons (Fsp3) is 0.550. The van der Waals surface area contributed by atoms with Gasteiger partial charge in [-0.15, -0.1) is 0 Å². The van der Waals surface area contributed by atoms with E-state index in [0.717, 1.165) is 11.1 Å². The molecule has 0 saturated carbocycles. The fourth-order valence-corrected chi connectivity index (χ4v) is 5.63. The van der Waals surface area contributed by atoms with Crippen molar-refractivity contribution in [3.05, 3.63) is 40.6 Å². The Kier molecular flexibility index (Phi) is 3.80. The van der Waals surface area contributed by atoms with Gasteiger partial charge in [-0.3, -0.25) is 4.79 Å². The predicted molar refractivity (Wildman–Crippen MR) is 98.4 cm³/mol. The van der Waals surface area contributed by atoms with Crippen LogP contribution in [0.15, 0.2) is 24.3 Å². The molecule has 5 atom stereocenters. The van der Waals surface area contributed by atoms with Crippen molar-refractivity contribution in [3.63, 3.8) is 0 Å². The van der Waals surface area contributed by atoms with Crippen molar-refractivity contribution >= 4 is 5.91 Å². The van der Waals surface area contributed by atoms with E-state index in [1.54, 1.807) is 19.1 Å². The van der Waals surface area contributed by atoms with Gasteiger partial charge in [0, 0.05) is 19.7 Å². The van der Waals surface area contributed by atoms with Gasteiger partial charge in [0.25, 0.3) is 5.91 Å². The molecule has 0 radical (unpaired) electrons. The fourth-order valence-electron chi connectivity index (χ4n) is 5.63. The Labute approximate surface area is 163 Å². The van der Waals surface area contributed by atoms with Crippen LogP contribution in [-0.4, -0.2) is 72.8 Å². The van der Waals surface area contributed by atoms with Crippen LogP contribution in [0.25, 0.3) is 0 Å². The normalized spacial score (nSPS) is 37.6. The highest BCUT2D eigenvalue weighted by molar-refractivity contribution is 5.88. The minimum absolute atomic E-state index is 0.0336. The number of amides is 1. The summed E-state index contributed by atoms with van der Waals surface area (Å²) in [6.45, 7) is -0.0461. The molecule has 1 amide bonds. The number of likely N-dealkylation sites (N-methyl/N-ethyl adjacent to an activating group) is 1. The number of likely N-dealkylation sites (tertiary alicyclic amines) is 1. The molecule has 1 saturated heterocycles. The molecule has 8 heteroatoms. The monoisotopic (exact) mass is 388 g/mol. The number of hydroxylamine groups is 3. The second kappa shape index (κ2) is 5.93. The molecule has 8 nitrogen and oxygen atoms in total. The Morgan fingerprint density at radius 3 is 2.86 bits per heavy atom. The summed E-state index contributed by atoms with van der Waals surface area (Å²) in [5, 5.41) is 23.6. The van der Waals surface area contributed by atoms with Crippen LogP contribution in [-0.2, 0) is 21.5 Å². The van der Waals surface area contributed by atoms with Crippen LogP contribution in [0.1, 0.15) is 17.5 Å². The number of quaternary nitrogens is 1. The van der Waals surface area contributed by atoms with E-state index in [4.69, 9.17) is 14.2 Å². The van der Waals surface area contributed by atoms with Gasteiger partial charge in [0.05, 0.1) is 24.2 Å². The van der Waals surface area contributed by atoms with Crippen LogP contribution >= 0.6 is 0 Å². The highest BCUT2D eigenvalue weighted by atomic mass is 16.7. The molecule has 1 aromatic carbocycles. The second-order valence-corrected chi connectivity index (χ2v) is 8.09. The molecule has 5 rings (SSSR count). The van der Waals surface area contributed by atoms with Crippen LogP contribution in [0.2, 0.25) is 0 Å². The van der Waals surface area contributed by atoms with Gasteiger partial charge in [-0.2, -0.15) is 0 Å². The van der Waals surface area contributed by atoms with E-state index in [9.17, 15) is 15.1 Å². The molecule has 1 spiro atoms. The van der Waals surface area contributed by atoms with Crippen LogP contribution in [0.4, 0.5) is 0 Å². The van der Waals surface area contributed by atoms with Crippen LogP contribution in [0, 0.1) is 5.21 Å². The van der Waals surface area contributed by atoms with Crippen LogP contribution in [0.5, 0.6) is 11.5 Å². The number of rotatable bonds is 3. The molecule has 1 N–H and O–H groups in total. The lowest BCUT2D eigenvalue weighted by molar-refractivity contribution is -0.915. The van der Waals surface area contributed by atoms with Crippen LogP contribution < -0.4 is 9.47 Å². The third-order valence-electron chi connectivity index (χ3n) is 6.85. The molecule has 4 aliphatic rings. The third kappa shape index (κ3) is 2.11. The molecule has 1 aliphatic carbocycles. The van der Waals surface area contributed by atoms with Crippen molar-refractivity contribution in [1.82, 2.24) is 4.90 Å². The summed E-state index contributed by atoms with van der Waals surface area (Å²) in [4.78, 5) is 15.0. The molecular formula is C20H24N2O6. The number of benzene rings is 1. The van der Waals surface area contributed by atoms with Crippen molar-refractivity contribution in [2.45, 2.75) is 36.6 Å². The van der Waals surface area contributed by atoms with Gasteiger partial charge in [-0.05, 0) is 24.1 Å². The number of carbonyl (C=O) groups excluding carboxylic acids is 1. The maximum Gasteiger partial charge on any atom is 0.282 e. The van der Waals surface area contributed by atoms with Crippen LogP contribution in [0.3, 0.4) is 0 Å². The summed E-state index contributed by atoms with van der Waals surface area (Å²) in [5.74, 6) is 1.08. The highest BCUT2D eigenvalue weighted by Crippen LogP contribution is 2.56. The molecule has 0 bridgehead atoms. The molecular weight excluding hydrogens is 364 g/mol. The van der Waals surface area contributed by atoms with E-state index in [1.165, 1.54) is 0 Å². The number of carbonyl (C=O) groups is 1. The average molecular weight is 388 g/mol. The van der Waals surface area contributed by atoms with Crippen molar-refractivity contribution in [2.75, 3.05) is 34.1 Å². The van der Waals surface area contributed by atoms with E-state index in [1.807, 2.05) is 24.3 Å². The van der Waals surface area contributed by atoms with E-state index in [-0.39, 0.29) is 44.5 Å². The highest BCUT2D eigenvalue weighted by Gasteiger charge is 2.67. The molecule has 1 aromatic rings. The Morgan fingerprint density at radius 2 is 2.14 bits per heavy atom. The minimum atomic E-state index is -0.837. The average Bonchev–Trinajstić information content (AvgIpc) is 3.22. The molecule has 1 fully saturated rings. The number of aliphatic hydroxyl groups is 1. The Balaban J connectivity index is 1.78. The topological polar surface area (TPSA) is 91.3 Å². The van der Waals surface area contributed by atoms with Crippen molar-refractivity contribution in [2.24, 2.45) is 0 Å². The van der Waals surface area contributed by atoms with Gasteiger partial charge < -0.3 is 34.1 Å². The zero-order chi connectivity index (χ0) is 19.7. The Bertz CT molecular complexity index is 872. The number of methoxy groups -OCH3 is 1. The van der Waals surface area contributed by atoms with Gasteiger partial charge >= 0.3 is 0 Å². The number of aliphatic hydroxyl groups excluding tert-OH is 1. The minimum Gasteiger partial charge on any atom is -0.632 e. The summed E-state index contributed by atoms with van der Waals surface area (Å²) < 4.78 is 15.9. The number of ether oxygens (including phenoxy) is 3. The first-order valence-corrected chi connectivity index (χ1v) is 9.55. The van der Waals surface area contributed by atoms with Gasteiger partial charge in [-0.1, -0.05) is 12.2 Å². The Hall–Kier alpha value is -2.13. The zero-order valence-corrected chi connectivity index (χ0v) is 16.0. The molecule has 3 aliphatic heterocycles. The Morgan fingerprint density at radius 1 is 1.39 bits per heavy atom. The van der Waals surface area contributed by atoms with Crippen molar-refractivity contribution in [3.8, 4) is 11.5 Å². The SMILES string of the molecule is CO[C@@H]1C=C[C@@]23c4cc5c(cc4C[N@@+]([O-])(CCO)[C@@H]2C(=O)N(C)[C@H]3C1)OCO5. The number of hydrogen-bond donors (Lipinski definition) is 1. The quantitative estimate of drug-likeness (QED) is 0.465. The molecule has 28 heavy (non-hydrogen) atoms. The van der Waals surface area contributed by atoms with Crippen molar-refractivity contribution in [1.29, 1.82) is 0 Å². The van der Waals surface area contributed by atoms with Gasteiger partial charge in [-0.25, -0.2) is 0 Å². The number of fused-ring (bicyclic) bond motifs is 2. The van der Waals surface area contributed by atoms with E-state index < -0.39 is 16.1 Å². The lowest BCUT2D eigenvalue weighted by Gasteiger charge is -2.56. The first-order valence-electron chi connectivity index (χ1n) is 9.55. The van der Waals surface area contributed by atoms with Gasteiger partial charge in [0.15, 0.2) is 17.5 Å². The molecule has 150 valence electrons. The zero-order valence-electron chi connectivity index (χ0n) is 16.0. The summed E-state index contributed by atoms with van der Waals surface area (Å²) in [7, 11) is 3.41. The third-order valence-corrected chi connectivity index (χ3v) is 6.85. The summed E-state index contributed by atoms with van der Waals surface area (Å²) >= 11 is 0. The molecule has 0 unspecified atom stereocenters. The molecule has 3 heterocycles. The first kappa shape index (κ1) is 17.9. The number of hydrogen-bond acceptors (Lipinski definition) is 6. The van der Waals surface area contributed by atoms with E-state index in [2.05, 4.69) is 0 Å². The maximum absolute atomic E-state index is 13.9. The lowest BCUT2D eigenvalue weighted by atomic mass is 9.63.